The van der Waals surface area contributed by atoms with E-state index in [1.807, 2.05) is 38.1 Å². The number of aromatic nitrogens is 4. The SMILES string of the molecule is Cc1cccc(-c2nnc(C(C)Sc3nnc(NC(C)(C)C)s3)o2)c1. The van der Waals surface area contributed by atoms with Crippen LogP contribution in [-0.4, -0.2) is 25.9 Å². The Kier molecular flexibility index (Phi) is 5.10. The number of thioether (sulfide) groups is 1. The molecule has 0 amide bonds. The number of rotatable bonds is 5. The summed E-state index contributed by atoms with van der Waals surface area (Å²) < 4.78 is 6.71. The van der Waals surface area contributed by atoms with Gasteiger partial charge in [0.2, 0.25) is 16.9 Å². The highest BCUT2D eigenvalue weighted by Crippen LogP contribution is 2.37. The summed E-state index contributed by atoms with van der Waals surface area (Å²) in [5, 5.41) is 20.9. The van der Waals surface area contributed by atoms with Gasteiger partial charge in [-0.15, -0.1) is 20.4 Å². The Morgan fingerprint density at radius 1 is 1.16 bits per heavy atom. The number of aryl methyl sites for hydroxylation is 1. The number of nitrogens with zero attached hydrogens (tertiary/aromatic N) is 4. The molecule has 132 valence electrons. The van der Waals surface area contributed by atoms with Crippen molar-refractivity contribution in [1.82, 2.24) is 20.4 Å². The van der Waals surface area contributed by atoms with E-state index in [2.05, 4.69) is 46.5 Å². The third-order valence-electron chi connectivity index (χ3n) is 3.22. The Morgan fingerprint density at radius 3 is 2.68 bits per heavy atom. The minimum absolute atomic E-state index is 0.00139. The Morgan fingerprint density at radius 2 is 1.96 bits per heavy atom. The molecule has 0 aliphatic rings. The van der Waals surface area contributed by atoms with Gasteiger partial charge >= 0.3 is 0 Å². The largest absolute Gasteiger partial charge is 0.419 e. The van der Waals surface area contributed by atoms with E-state index in [0.29, 0.717) is 11.8 Å². The summed E-state index contributed by atoms with van der Waals surface area (Å²) in [5.74, 6) is 1.13. The minimum atomic E-state index is -0.0394. The molecular formula is C17H21N5OS2. The zero-order chi connectivity index (χ0) is 18.0. The van der Waals surface area contributed by atoms with E-state index in [4.69, 9.17) is 4.42 Å². The maximum absolute atomic E-state index is 5.84. The summed E-state index contributed by atoms with van der Waals surface area (Å²) in [6.45, 7) is 10.3. The summed E-state index contributed by atoms with van der Waals surface area (Å²) in [5.41, 5.74) is 2.05. The van der Waals surface area contributed by atoms with Gasteiger partial charge in [-0.3, -0.25) is 0 Å². The molecule has 3 aromatic rings. The summed E-state index contributed by atoms with van der Waals surface area (Å²) in [6, 6.07) is 8.03. The van der Waals surface area contributed by atoms with E-state index in [-0.39, 0.29) is 10.8 Å². The molecule has 0 spiro atoms. The van der Waals surface area contributed by atoms with E-state index >= 15 is 0 Å². The Labute approximate surface area is 155 Å². The van der Waals surface area contributed by atoms with Crippen LogP contribution in [0.15, 0.2) is 33.0 Å². The van der Waals surface area contributed by atoms with E-state index in [1.165, 1.54) is 11.3 Å². The molecule has 0 aliphatic carbocycles. The average molecular weight is 376 g/mol. The first-order chi connectivity index (χ1) is 11.8. The zero-order valence-electron chi connectivity index (χ0n) is 14.9. The number of anilines is 1. The van der Waals surface area contributed by atoms with Crippen molar-refractivity contribution in [3.05, 3.63) is 35.7 Å². The topological polar surface area (TPSA) is 76.7 Å². The molecule has 0 bridgehead atoms. The molecule has 1 N–H and O–H groups in total. The molecule has 6 nitrogen and oxygen atoms in total. The van der Waals surface area contributed by atoms with Crippen LogP contribution in [0.1, 0.15) is 44.4 Å². The molecule has 8 heteroatoms. The highest BCUT2D eigenvalue weighted by molar-refractivity contribution is 8.01. The number of nitrogens with one attached hydrogen (secondary N) is 1. The van der Waals surface area contributed by atoms with Crippen molar-refractivity contribution < 1.29 is 4.42 Å². The lowest BCUT2D eigenvalue weighted by molar-refractivity contribution is 0.509. The first-order valence-electron chi connectivity index (χ1n) is 7.99. The van der Waals surface area contributed by atoms with Crippen LogP contribution in [0, 0.1) is 6.92 Å². The molecule has 0 saturated carbocycles. The molecule has 3 rings (SSSR count). The zero-order valence-corrected chi connectivity index (χ0v) is 16.5. The number of hydrogen-bond acceptors (Lipinski definition) is 8. The summed E-state index contributed by atoms with van der Waals surface area (Å²) in [4.78, 5) is 0. The van der Waals surface area contributed by atoms with Gasteiger partial charge in [0, 0.05) is 11.1 Å². The van der Waals surface area contributed by atoms with Gasteiger partial charge in [-0.25, -0.2) is 0 Å². The lowest BCUT2D eigenvalue weighted by Gasteiger charge is -2.18. The van der Waals surface area contributed by atoms with Crippen molar-refractivity contribution in [3.8, 4) is 11.5 Å². The van der Waals surface area contributed by atoms with Crippen LogP contribution in [0.5, 0.6) is 0 Å². The molecule has 1 atom stereocenters. The second-order valence-electron chi connectivity index (χ2n) is 6.82. The number of benzene rings is 1. The maximum Gasteiger partial charge on any atom is 0.247 e. The van der Waals surface area contributed by atoms with Crippen molar-refractivity contribution in [2.45, 2.75) is 49.7 Å². The Bertz CT molecular complexity index is 853. The van der Waals surface area contributed by atoms with Gasteiger partial charge in [0.25, 0.3) is 0 Å². The normalized spacial score (nSPS) is 13.0. The third kappa shape index (κ3) is 4.79. The molecule has 0 aliphatic heterocycles. The predicted molar refractivity (Wildman–Crippen MR) is 102 cm³/mol. The van der Waals surface area contributed by atoms with Crippen molar-refractivity contribution in [1.29, 1.82) is 0 Å². The summed E-state index contributed by atoms with van der Waals surface area (Å²) in [6.07, 6.45) is 0. The Balaban J connectivity index is 1.69. The van der Waals surface area contributed by atoms with Gasteiger partial charge in [-0.05, 0) is 46.8 Å². The van der Waals surface area contributed by atoms with Gasteiger partial charge in [0.1, 0.15) is 0 Å². The van der Waals surface area contributed by atoms with Crippen LogP contribution < -0.4 is 5.32 Å². The molecular weight excluding hydrogens is 354 g/mol. The van der Waals surface area contributed by atoms with E-state index in [1.54, 1.807) is 11.8 Å². The fourth-order valence-electron chi connectivity index (χ4n) is 2.12. The molecule has 0 radical (unpaired) electrons. The lowest BCUT2D eigenvalue weighted by Crippen LogP contribution is -2.25. The molecule has 2 aromatic heterocycles. The van der Waals surface area contributed by atoms with Gasteiger partial charge in [-0.1, -0.05) is 40.8 Å². The maximum atomic E-state index is 5.84. The van der Waals surface area contributed by atoms with Crippen LogP contribution >= 0.6 is 23.1 Å². The van der Waals surface area contributed by atoms with Gasteiger partial charge < -0.3 is 9.73 Å². The molecule has 1 aromatic carbocycles. The Hall–Kier alpha value is -1.93. The van der Waals surface area contributed by atoms with Crippen LogP contribution in [0.25, 0.3) is 11.5 Å². The van der Waals surface area contributed by atoms with Crippen LogP contribution in [0.4, 0.5) is 5.13 Å². The fourth-order valence-corrected chi connectivity index (χ4v) is 4.26. The van der Waals surface area contributed by atoms with Crippen molar-refractivity contribution in [2.75, 3.05) is 5.32 Å². The second kappa shape index (κ2) is 7.13. The summed E-state index contributed by atoms with van der Waals surface area (Å²) in [7, 11) is 0. The first kappa shape index (κ1) is 17.9. The fraction of sp³-hybridized carbons (Fsp3) is 0.412. The van der Waals surface area contributed by atoms with Crippen molar-refractivity contribution in [3.63, 3.8) is 0 Å². The van der Waals surface area contributed by atoms with Crippen LogP contribution in [0.2, 0.25) is 0 Å². The third-order valence-corrected chi connectivity index (χ3v) is 5.23. The van der Waals surface area contributed by atoms with E-state index < -0.39 is 0 Å². The average Bonchev–Trinajstić information content (AvgIpc) is 3.15. The number of hydrogen-bond donors (Lipinski definition) is 1. The van der Waals surface area contributed by atoms with Crippen molar-refractivity contribution in [2.24, 2.45) is 0 Å². The molecule has 25 heavy (non-hydrogen) atoms. The minimum Gasteiger partial charge on any atom is -0.419 e. The quantitative estimate of drug-likeness (QED) is 0.631. The second-order valence-corrected chi connectivity index (χ2v) is 9.39. The standard InChI is InChI=1S/C17H21N5OS2/c1-10-7-6-8-12(9-10)14-20-19-13(23-14)11(2)24-16-22-21-15(25-16)18-17(3,4)5/h6-9,11H,1-5H3,(H,18,21). The van der Waals surface area contributed by atoms with Gasteiger partial charge in [0.05, 0.1) is 5.25 Å². The highest BCUT2D eigenvalue weighted by atomic mass is 32.2. The smallest absolute Gasteiger partial charge is 0.247 e. The van der Waals surface area contributed by atoms with Crippen LogP contribution in [0.3, 0.4) is 0 Å². The monoisotopic (exact) mass is 375 g/mol. The lowest BCUT2D eigenvalue weighted by atomic mass is 10.1. The molecule has 2 heterocycles. The van der Waals surface area contributed by atoms with Gasteiger partial charge in [0.15, 0.2) is 4.34 Å². The molecule has 0 saturated heterocycles. The first-order valence-corrected chi connectivity index (χ1v) is 9.68. The molecule has 0 fully saturated rings. The van der Waals surface area contributed by atoms with E-state index in [9.17, 15) is 0 Å². The van der Waals surface area contributed by atoms with Crippen LogP contribution in [-0.2, 0) is 0 Å². The summed E-state index contributed by atoms with van der Waals surface area (Å²) >= 11 is 3.09. The van der Waals surface area contributed by atoms with Gasteiger partial charge in [-0.2, -0.15) is 0 Å². The van der Waals surface area contributed by atoms with E-state index in [0.717, 1.165) is 20.6 Å². The highest BCUT2D eigenvalue weighted by Gasteiger charge is 2.19. The molecule has 1 unspecified atom stereocenters. The predicted octanol–water partition coefficient (Wildman–Crippen LogP) is 4.96. The van der Waals surface area contributed by atoms with Crippen molar-refractivity contribution >= 4 is 28.2 Å².